The minimum Gasteiger partial charge on any atom is -0.335 e. The van der Waals surface area contributed by atoms with E-state index in [9.17, 15) is 18.0 Å². The van der Waals surface area contributed by atoms with Crippen LogP contribution in [0.15, 0.2) is 0 Å². The summed E-state index contributed by atoms with van der Waals surface area (Å²) in [6.45, 7) is 6.15. The molecular weight excluding hydrogens is 428 g/mol. The van der Waals surface area contributed by atoms with Crippen molar-refractivity contribution in [3.63, 3.8) is 0 Å². The Hall–Kier alpha value is -1.19. The molecule has 6 atom stereocenters. The molecule has 2 amide bonds. The number of amides is 2. The highest BCUT2D eigenvalue weighted by molar-refractivity contribution is 7.91. The minimum atomic E-state index is -2.93. The Morgan fingerprint density at radius 2 is 1.75 bits per heavy atom. The first-order valence-electron chi connectivity index (χ1n) is 12.5. The van der Waals surface area contributed by atoms with Gasteiger partial charge in [0, 0.05) is 44.6 Å². The molecule has 32 heavy (non-hydrogen) atoms. The van der Waals surface area contributed by atoms with Crippen molar-refractivity contribution in [2.75, 3.05) is 31.1 Å². The molecule has 180 valence electrons. The van der Waals surface area contributed by atoms with Gasteiger partial charge in [0.05, 0.1) is 23.6 Å². The van der Waals surface area contributed by atoms with Crippen LogP contribution in [0.1, 0.15) is 58.8 Å². The third kappa shape index (κ3) is 4.32. The number of hydrogen-bond acceptors (Lipinski definition) is 6. The van der Waals surface area contributed by atoms with E-state index in [0.717, 1.165) is 58.0 Å². The average Bonchev–Trinajstić information content (AvgIpc) is 3.47. The lowest BCUT2D eigenvalue weighted by Crippen LogP contribution is -2.67. The number of rotatable bonds is 3. The van der Waals surface area contributed by atoms with Gasteiger partial charge in [-0.1, -0.05) is 0 Å². The molecule has 5 rings (SSSR count). The Balaban J connectivity index is 1.28. The molecular formula is C23H38N4O4S. The van der Waals surface area contributed by atoms with Crippen LogP contribution in [0.4, 0.5) is 0 Å². The maximum absolute atomic E-state index is 13.1. The first kappa shape index (κ1) is 22.6. The maximum Gasteiger partial charge on any atom is 0.226 e. The summed E-state index contributed by atoms with van der Waals surface area (Å²) in [6, 6.07) is 0.395. The lowest BCUT2D eigenvalue weighted by atomic mass is 9.73. The highest BCUT2D eigenvalue weighted by Gasteiger charge is 2.50. The van der Waals surface area contributed by atoms with Gasteiger partial charge in [0.2, 0.25) is 11.8 Å². The van der Waals surface area contributed by atoms with Crippen molar-refractivity contribution in [1.82, 2.24) is 20.2 Å². The topological polar surface area (TPSA) is 90.0 Å². The van der Waals surface area contributed by atoms with Gasteiger partial charge in [-0.2, -0.15) is 0 Å². The Bertz CT molecular complexity index is 860. The van der Waals surface area contributed by atoms with Crippen molar-refractivity contribution in [2.45, 2.75) is 83.0 Å². The Morgan fingerprint density at radius 3 is 2.44 bits per heavy atom. The molecule has 3 saturated heterocycles. The minimum absolute atomic E-state index is 0.0740. The highest BCUT2D eigenvalue weighted by Crippen LogP contribution is 2.42. The molecule has 9 heteroatoms. The van der Waals surface area contributed by atoms with Gasteiger partial charge in [-0.15, -0.1) is 0 Å². The highest BCUT2D eigenvalue weighted by atomic mass is 32.2. The molecule has 3 aliphatic heterocycles. The summed E-state index contributed by atoms with van der Waals surface area (Å²) in [7, 11) is -2.93. The van der Waals surface area contributed by atoms with E-state index in [4.69, 9.17) is 0 Å². The third-order valence-corrected chi connectivity index (χ3v) is 10.4. The Kier molecular flexibility index (Phi) is 6.03. The molecule has 5 fully saturated rings. The summed E-state index contributed by atoms with van der Waals surface area (Å²) in [5.41, 5.74) is 3.50. The predicted octanol–water partition coefficient (Wildman–Crippen LogP) is 1.03. The molecule has 5 aliphatic rings. The van der Waals surface area contributed by atoms with Gasteiger partial charge in [-0.25, -0.2) is 13.4 Å². The second kappa shape index (κ2) is 8.55. The molecule has 0 bridgehead atoms. The normalized spacial score (nSPS) is 40.2. The number of nitrogens with zero attached hydrogens (tertiary/aromatic N) is 3. The average molecular weight is 467 g/mol. The van der Waals surface area contributed by atoms with Crippen LogP contribution in [0.2, 0.25) is 0 Å². The number of sulfone groups is 1. The van der Waals surface area contributed by atoms with Crippen molar-refractivity contribution in [1.29, 1.82) is 0 Å². The number of piperazine rings is 1. The monoisotopic (exact) mass is 466 g/mol. The quantitative estimate of drug-likeness (QED) is 0.668. The van der Waals surface area contributed by atoms with Crippen molar-refractivity contribution < 1.29 is 18.0 Å². The molecule has 0 aromatic rings. The zero-order chi connectivity index (χ0) is 22.6. The molecule has 2 aliphatic carbocycles. The van der Waals surface area contributed by atoms with Crippen molar-refractivity contribution in [3.8, 4) is 0 Å². The van der Waals surface area contributed by atoms with Gasteiger partial charge in [0.1, 0.15) is 0 Å². The number of carbonyl (C=O) groups excluding carboxylic acids is 2. The molecule has 3 heterocycles. The molecule has 0 spiro atoms. The lowest BCUT2D eigenvalue weighted by molar-refractivity contribution is -0.155. The van der Waals surface area contributed by atoms with E-state index in [0.29, 0.717) is 30.0 Å². The van der Waals surface area contributed by atoms with E-state index in [1.165, 1.54) is 0 Å². The molecule has 0 aromatic carbocycles. The Labute approximate surface area is 191 Å². The van der Waals surface area contributed by atoms with E-state index in [1.807, 2.05) is 4.90 Å². The van der Waals surface area contributed by atoms with Crippen LogP contribution >= 0.6 is 0 Å². The van der Waals surface area contributed by atoms with E-state index in [1.54, 1.807) is 6.92 Å². The largest absolute Gasteiger partial charge is 0.335 e. The fourth-order valence-electron chi connectivity index (χ4n) is 6.90. The smallest absolute Gasteiger partial charge is 0.226 e. The van der Waals surface area contributed by atoms with Crippen LogP contribution in [-0.2, 0) is 19.4 Å². The SMILES string of the molecule is CC(=O)N1C2CCC(C3CNN(C4CCCS(=O)(=O)C4)C3)CC2N(C(=O)C2CC2)C[C@@H]1C. The van der Waals surface area contributed by atoms with Crippen LogP contribution in [0.3, 0.4) is 0 Å². The number of hydrogen-bond donors (Lipinski definition) is 1. The number of hydrazine groups is 1. The molecule has 5 unspecified atom stereocenters. The van der Waals surface area contributed by atoms with E-state index >= 15 is 0 Å². The standard InChI is InChI=1S/C23H38N4O4S/c1-15-12-25(23(29)17-5-6-17)22-10-18(7-8-21(22)27(15)16(2)28)19-11-24-26(13-19)20-4-3-9-32(30,31)14-20/h15,17-22,24H,3-14H2,1-2H3/t15-,18?,19?,20?,21?,22?/m0/s1. The molecule has 2 saturated carbocycles. The zero-order valence-corrected chi connectivity index (χ0v) is 20.2. The summed E-state index contributed by atoms with van der Waals surface area (Å²) < 4.78 is 24.2. The predicted molar refractivity (Wildman–Crippen MR) is 121 cm³/mol. The second-order valence-electron chi connectivity index (χ2n) is 10.9. The van der Waals surface area contributed by atoms with Gasteiger partial charge in [-0.05, 0) is 63.7 Å². The fourth-order valence-corrected chi connectivity index (χ4v) is 8.61. The van der Waals surface area contributed by atoms with Crippen LogP contribution in [0, 0.1) is 17.8 Å². The number of fused-ring (bicyclic) bond motifs is 1. The van der Waals surface area contributed by atoms with E-state index in [-0.39, 0.29) is 41.7 Å². The van der Waals surface area contributed by atoms with Gasteiger partial charge in [-0.3, -0.25) is 15.0 Å². The summed E-state index contributed by atoms with van der Waals surface area (Å²) in [6.07, 6.45) is 6.65. The summed E-state index contributed by atoms with van der Waals surface area (Å²) in [5.74, 6) is 2.16. The summed E-state index contributed by atoms with van der Waals surface area (Å²) >= 11 is 0. The van der Waals surface area contributed by atoms with E-state index < -0.39 is 9.84 Å². The fraction of sp³-hybridized carbons (Fsp3) is 0.913. The number of carbonyl (C=O) groups is 2. The molecule has 0 aromatic heterocycles. The third-order valence-electron chi connectivity index (χ3n) is 8.62. The first-order valence-corrected chi connectivity index (χ1v) is 14.4. The number of nitrogens with one attached hydrogen (secondary N) is 1. The lowest BCUT2D eigenvalue weighted by Gasteiger charge is -2.54. The van der Waals surface area contributed by atoms with Gasteiger partial charge < -0.3 is 9.80 Å². The van der Waals surface area contributed by atoms with Gasteiger partial charge in [0.15, 0.2) is 9.84 Å². The molecule has 0 radical (unpaired) electrons. The molecule has 1 N–H and O–H groups in total. The van der Waals surface area contributed by atoms with Crippen molar-refractivity contribution in [3.05, 3.63) is 0 Å². The maximum atomic E-state index is 13.1. The van der Waals surface area contributed by atoms with Crippen LogP contribution in [0.25, 0.3) is 0 Å². The van der Waals surface area contributed by atoms with Gasteiger partial charge >= 0.3 is 0 Å². The van der Waals surface area contributed by atoms with Crippen molar-refractivity contribution in [2.24, 2.45) is 17.8 Å². The van der Waals surface area contributed by atoms with Crippen LogP contribution in [0.5, 0.6) is 0 Å². The van der Waals surface area contributed by atoms with Crippen molar-refractivity contribution >= 4 is 21.7 Å². The van der Waals surface area contributed by atoms with E-state index in [2.05, 4.69) is 22.3 Å². The molecule has 8 nitrogen and oxygen atoms in total. The Morgan fingerprint density at radius 1 is 0.969 bits per heavy atom. The summed E-state index contributed by atoms with van der Waals surface area (Å²) in [4.78, 5) is 29.8. The van der Waals surface area contributed by atoms with Gasteiger partial charge in [0.25, 0.3) is 0 Å². The summed E-state index contributed by atoms with van der Waals surface area (Å²) in [5, 5.41) is 2.19. The first-order chi connectivity index (χ1) is 15.2. The van der Waals surface area contributed by atoms with Crippen LogP contribution < -0.4 is 5.43 Å². The van der Waals surface area contributed by atoms with Crippen LogP contribution in [-0.4, -0.2) is 90.3 Å². The second-order valence-corrected chi connectivity index (χ2v) is 13.2. The zero-order valence-electron chi connectivity index (χ0n) is 19.4.